The lowest BCUT2D eigenvalue weighted by molar-refractivity contribution is -0.145. The number of nitrogens with one attached hydrogen (secondary N) is 2. The number of thioether (sulfide) groups is 1. The van der Waals surface area contributed by atoms with Gasteiger partial charge in [0.1, 0.15) is 23.2 Å². The molecule has 294 valence electrons. The highest BCUT2D eigenvalue weighted by molar-refractivity contribution is 7.99. The van der Waals surface area contributed by atoms with Crippen molar-refractivity contribution in [2.24, 2.45) is 11.7 Å². The molecule has 1 aromatic heterocycles. The summed E-state index contributed by atoms with van der Waals surface area (Å²) in [6, 6.07) is 2.99. The van der Waals surface area contributed by atoms with Crippen molar-refractivity contribution in [3.05, 3.63) is 41.7 Å². The molecule has 1 aromatic carbocycles. The summed E-state index contributed by atoms with van der Waals surface area (Å²) in [5.74, 6) is -2.55. The molecular weight excluding hydrogens is 735 g/mol. The van der Waals surface area contributed by atoms with Crippen LogP contribution < -0.4 is 16.4 Å². The van der Waals surface area contributed by atoms with Crippen LogP contribution >= 0.6 is 11.8 Å². The lowest BCUT2D eigenvalue weighted by Crippen LogP contribution is -2.63. The summed E-state index contributed by atoms with van der Waals surface area (Å²) >= 11 is 1.59. The topological polar surface area (TPSA) is 224 Å². The van der Waals surface area contributed by atoms with Gasteiger partial charge in [-0.05, 0) is 87.6 Å². The third-order valence-corrected chi connectivity index (χ3v) is 14.9. The largest absolute Gasteiger partial charge is 0.384 e. The maximum absolute atomic E-state index is 14.8. The number of primary amides is 1. The summed E-state index contributed by atoms with van der Waals surface area (Å²) in [6.45, 7) is 3.14. The average molecular weight is 786 g/mol. The Morgan fingerprint density at radius 2 is 1.69 bits per heavy atom. The summed E-state index contributed by atoms with van der Waals surface area (Å²) < 4.78 is 27.4. The van der Waals surface area contributed by atoms with E-state index in [0.29, 0.717) is 36.5 Å². The number of nitrogens with two attached hydrogens (primary N) is 1. The number of aliphatic hydroxyl groups is 1. The molecule has 1 unspecified atom stereocenters. The Morgan fingerprint density at radius 1 is 1.02 bits per heavy atom. The van der Waals surface area contributed by atoms with Gasteiger partial charge in [-0.3, -0.25) is 24.0 Å². The van der Waals surface area contributed by atoms with Gasteiger partial charge in [-0.1, -0.05) is 43.7 Å². The fourth-order valence-electron chi connectivity index (χ4n) is 8.21. The van der Waals surface area contributed by atoms with E-state index in [9.17, 15) is 37.5 Å². The third-order valence-electron chi connectivity index (χ3n) is 11.6. The lowest BCUT2D eigenvalue weighted by atomic mass is 9.84. The van der Waals surface area contributed by atoms with E-state index in [2.05, 4.69) is 20.9 Å². The Labute approximate surface area is 319 Å². The molecule has 3 atom stereocenters. The molecule has 0 radical (unpaired) electrons. The number of ketones is 1. The van der Waals surface area contributed by atoms with E-state index in [-0.39, 0.29) is 42.2 Å². The number of benzene rings is 1. The molecule has 2 aliphatic carbocycles. The van der Waals surface area contributed by atoms with Crippen LogP contribution in [0.1, 0.15) is 113 Å². The molecule has 2 saturated heterocycles. The highest BCUT2D eigenvalue weighted by Crippen LogP contribution is 2.36. The number of hydrogen-bond donors (Lipinski definition) is 4. The van der Waals surface area contributed by atoms with Crippen LogP contribution in [0.2, 0.25) is 0 Å². The first-order valence-corrected chi connectivity index (χ1v) is 21.6. The van der Waals surface area contributed by atoms with Crippen LogP contribution in [0.15, 0.2) is 35.4 Å². The summed E-state index contributed by atoms with van der Waals surface area (Å²) in [5, 5.41) is 24.5. The summed E-state index contributed by atoms with van der Waals surface area (Å²) in [6.07, 6.45) is 9.13. The van der Waals surface area contributed by atoms with Crippen molar-refractivity contribution in [1.82, 2.24) is 30.5 Å². The molecule has 4 amide bonds. The van der Waals surface area contributed by atoms with E-state index >= 15 is 0 Å². The number of nitrogens with zero attached hydrogens (tertiary/aromatic N) is 4. The van der Waals surface area contributed by atoms with Gasteiger partial charge in [0.25, 0.3) is 11.8 Å². The molecule has 15 nitrogen and oxygen atoms in total. The van der Waals surface area contributed by atoms with Crippen molar-refractivity contribution < 1.29 is 37.5 Å². The number of hydrogen-bond acceptors (Lipinski definition) is 11. The van der Waals surface area contributed by atoms with Gasteiger partial charge < -0.3 is 26.4 Å². The Hall–Kier alpha value is -3.83. The fraction of sp³-hybridized carbons (Fsp3) is 0.649. The van der Waals surface area contributed by atoms with Crippen molar-refractivity contribution in [2.45, 2.75) is 130 Å². The van der Waals surface area contributed by atoms with Crippen LogP contribution in [0.4, 0.5) is 0 Å². The Kier molecular flexibility index (Phi) is 11.9. The zero-order valence-corrected chi connectivity index (χ0v) is 32.5. The third kappa shape index (κ3) is 8.37. The summed E-state index contributed by atoms with van der Waals surface area (Å²) in [4.78, 5) is 69.9. The van der Waals surface area contributed by atoms with E-state index in [1.165, 1.54) is 40.0 Å². The number of likely N-dealkylation sites (tertiary alicyclic amines) is 1. The lowest BCUT2D eigenvalue weighted by Gasteiger charge is -2.37. The Balaban J connectivity index is 1.30. The molecule has 2 aliphatic heterocycles. The first-order valence-electron chi connectivity index (χ1n) is 18.9. The van der Waals surface area contributed by atoms with Crippen LogP contribution in [0.25, 0.3) is 0 Å². The zero-order valence-electron chi connectivity index (χ0n) is 30.9. The molecule has 6 rings (SSSR count). The number of sulfone groups is 1. The number of aromatic nitrogens is 3. The van der Waals surface area contributed by atoms with E-state index in [1.54, 1.807) is 25.6 Å². The molecule has 2 aromatic rings. The molecular formula is C37H51N7O8S2. The van der Waals surface area contributed by atoms with Gasteiger partial charge in [-0.25, -0.2) is 13.1 Å². The van der Waals surface area contributed by atoms with Crippen LogP contribution in [-0.2, 0) is 34.6 Å². The monoisotopic (exact) mass is 785 g/mol. The standard InChI is InChI=1S/C37H51N7O8S2/c1-36(2,50)30-21-39-42-44(30)25-20-29(34(48)41-37(31(45)32(38)46)15-17-53-18-16-37)43(22-25)35(49)28(19-23-7-4-3-5-8-23)40-33(47)24-11-13-27(14-12-24)54(51,52)26-9-6-10-26/h11-14,21,23,25-26,28-29,50H,3-10,15-20,22H2,1-2H3,(H2,38,46)(H,40,47)(H,41,48)/t25-,28?,29-/m0/s1. The number of rotatable bonds is 13. The predicted octanol–water partition coefficient (Wildman–Crippen LogP) is 2.18. The predicted molar refractivity (Wildman–Crippen MR) is 200 cm³/mol. The number of carbonyl (C=O) groups is 5. The van der Waals surface area contributed by atoms with Gasteiger partial charge in [0.2, 0.25) is 17.6 Å². The van der Waals surface area contributed by atoms with Crippen LogP contribution in [0.3, 0.4) is 0 Å². The Morgan fingerprint density at radius 3 is 2.28 bits per heavy atom. The molecule has 4 aliphatic rings. The van der Waals surface area contributed by atoms with Crippen molar-refractivity contribution in [3.63, 3.8) is 0 Å². The summed E-state index contributed by atoms with van der Waals surface area (Å²) in [5.41, 5.74) is 3.16. The highest BCUT2D eigenvalue weighted by atomic mass is 32.2. The van der Waals surface area contributed by atoms with Crippen LogP contribution in [0, 0.1) is 5.92 Å². The second-order valence-corrected chi connectivity index (χ2v) is 19.2. The van der Waals surface area contributed by atoms with E-state index in [1.807, 2.05) is 0 Å². The maximum Gasteiger partial charge on any atom is 0.287 e. The molecule has 3 heterocycles. The quantitative estimate of drug-likeness (QED) is 0.216. The van der Waals surface area contributed by atoms with Gasteiger partial charge in [0, 0.05) is 18.5 Å². The maximum atomic E-state index is 14.8. The number of carbonyl (C=O) groups excluding carboxylic acids is 5. The first-order chi connectivity index (χ1) is 25.6. The van der Waals surface area contributed by atoms with Crippen molar-refractivity contribution in [2.75, 3.05) is 18.1 Å². The van der Waals surface area contributed by atoms with Crippen molar-refractivity contribution in [1.29, 1.82) is 0 Å². The normalized spacial score (nSPS) is 22.9. The molecule has 4 fully saturated rings. The van der Waals surface area contributed by atoms with Crippen molar-refractivity contribution >= 4 is 51.0 Å². The minimum atomic E-state index is -3.49. The van der Waals surface area contributed by atoms with Crippen LogP contribution in [0.5, 0.6) is 0 Å². The van der Waals surface area contributed by atoms with Gasteiger partial charge in [0.15, 0.2) is 9.84 Å². The zero-order chi connectivity index (χ0) is 38.8. The van der Waals surface area contributed by atoms with Gasteiger partial charge >= 0.3 is 0 Å². The van der Waals surface area contributed by atoms with Gasteiger partial charge in [0.05, 0.1) is 28.1 Å². The summed E-state index contributed by atoms with van der Waals surface area (Å²) in [7, 11) is -3.49. The van der Waals surface area contributed by atoms with Crippen LogP contribution in [-0.4, -0.2) is 104 Å². The van der Waals surface area contributed by atoms with Gasteiger partial charge in [-0.2, -0.15) is 11.8 Å². The molecule has 0 spiro atoms. The van der Waals surface area contributed by atoms with E-state index in [0.717, 1.165) is 38.5 Å². The minimum Gasteiger partial charge on any atom is -0.384 e. The fourth-order valence-corrected chi connectivity index (χ4v) is 11.3. The second kappa shape index (κ2) is 16.1. The number of Topliss-reactive ketones (excluding diaryl/α,β-unsaturated/α-hetero) is 1. The minimum absolute atomic E-state index is 0.0132. The average Bonchev–Trinajstić information content (AvgIpc) is 3.79. The molecule has 54 heavy (non-hydrogen) atoms. The molecule has 0 bridgehead atoms. The van der Waals surface area contributed by atoms with E-state index < -0.39 is 73.8 Å². The SMILES string of the molecule is CC(C)(O)c1cnnn1[C@H]1C[C@@H](C(=O)NC2(C(=O)C(N)=O)CCSCC2)N(C(=O)C(CC2CCCCC2)NC(=O)c2ccc(S(=O)(=O)C3CCC3)cc2)C1. The molecule has 5 N–H and O–H groups in total. The van der Waals surface area contributed by atoms with Crippen molar-refractivity contribution in [3.8, 4) is 0 Å². The Bertz CT molecular complexity index is 1840. The first kappa shape index (κ1) is 39.9. The smallest absolute Gasteiger partial charge is 0.287 e. The number of amides is 4. The molecule has 17 heteroatoms. The second-order valence-electron chi connectivity index (χ2n) is 15.8. The van der Waals surface area contributed by atoms with E-state index in [4.69, 9.17) is 5.73 Å². The highest BCUT2D eigenvalue weighted by Gasteiger charge is 2.49. The van der Waals surface area contributed by atoms with Gasteiger partial charge in [-0.15, -0.1) is 5.10 Å². The molecule has 2 saturated carbocycles.